The highest BCUT2D eigenvalue weighted by atomic mass is 16.6. The van der Waals surface area contributed by atoms with Crippen molar-refractivity contribution < 1.29 is 28.5 Å². The summed E-state index contributed by atoms with van der Waals surface area (Å²) in [5, 5.41) is 11.9. The largest absolute Gasteiger partial charge is 0.493 e. The molecule has 8 nitrogen and oxygen atoms in total. The van der Waals surface area contributed by atoms with Crippen LogP contribution < -0.4 is 19.5 Å². The van der Waals surface area contributed by atoms with Gasteiger partial charge in [-0.05, 0) is 48.7 Å². The molecular weight excluding hydrogens is 412 g/mol. The van der Waals surface area contributed by atoms with Crippen LogP contribution in [0.1, 0.15) is 16.7 Å². The van der Waals surface area contributed by atoms with Crippen molar-refractivity contribution in [2.45, 2.75) is 13.8 Å². The number of methoxy groups -OCH3 is 2. The summed E-state index contributed by atoms with van der Waals surface area (Å²) in [5.74, 6) is 0.0101. The number of hydrogen-bond donors (Lipinski definition) is 1. The Morgan fingerprint density at radius 3 is 2.44 bits per heavy atom. The standard InChI is InChI=1S/C24H26N2O6/c1-16-6-5-7-17(2)23(16)31-15-22(27)32-20-9-8-18(13-21(20)30-4)12-19(14-25)24(28)26-10-11-29-3/h5-9,12-13H,10-11,15H2,1-4H3,(H,26,28)/b19-12+. The molecule has 0 bridgehead atoms. The van der Waals surface area contributed by atoms with Crippen LogP contribution in [0.25, 0.3) is 6.08 Å². The number of nitrogens with one attached hydrogen (secondary N) is 1. The van der Waals surface area contributed by atoms with E-state index in [2.05, 4.69) is 5.32 Å². The number of rotatable bonds is 10. The quantitative estimate of drug-likeness (QED) is 0.200. The number of benzene rings is 2. The number of carbonyl (C=O) groups is 2. The van der Waals surface area contributed by atoms with Crippen molar-refractivity contribution in [1.82, 2.24) is 5.32 Å². The SMILES string of the molecule is COCCNC(=O)/C(C#N)=C/c1ccc(OC(=O)COc2c(C)cccc2C)c(OC)c1. The molecule has 32 heavy (non-hydrogen) atoms. The molecule has 0 unspecified atom stereocenters. The summed E-state index contributed by atoms with van der Waals surface area (Å²) in [4.78, 5) is 24.4. The third kappa shape index (κ3) is 6.86. The van der Waals surface area contributed by atoms with Crippen LogP contribution in [0.15, 0.2) is 42.0 Å². The van der Waals surface area contributed by atoms with Crippen molar-refractivity contribution in [3.63, 3.8) is 0 Å². The Morgan fingerprint density at radius 2 is 1.81 bits per heavy atom. The molecule has 2 aromatic carbocycles. The second-order valence-corrected chi connectivity index (χ2v) is 6.81. The Hall–Kier alpha value is -3.83. The van der Waals surface area contributed by atoms with Crippen molar-refractivity contribution in [3.05, 3.63) is 58.7 Å². The predicted octanol–water partition coefficient (Wildman–Crippen LogP) is 2.97. The molecule has 0 saturated heterocycles. The van der Waals surface area contributed by atoms with E-state index in [4.69, 9.17) is 18.9 Å². The second-order valence-electron chi connectivity index (χ2n) is 6.81. The highest BCUT2D eigenvalue weighted by Gasteiger charge is 2.14. The van der Waals surface area contributed by atoms with Gasteiger partial charge in [-0.1, -0.05) is 24.3 Å². The fourth-order valence-corrected chi connectivity index (χ4v) is 2.85. The highest BCUT2D eigenvalue weighted by Crippen LogP contribution is 2.29. The molecule has 1 N–H and O–H groups in total. The Balaban J connectivity index is 2.08. The van der Waals surface area contributed by atoms with Crippen LogP contribution in [0.5, 0.6) is 17.2 Å². The molecule has 2 aromatic rings. The minimum Gasteiger partial charge on any atom is -0.493 e. The molecule has 2 rings (SSSR count). The normalized spacial score (nSPS) is 10.8. The molecule has 168 valence electrons. The molecule has 0 spiro atoms. The topological polar surface area (TPSA) is 107 Å². The molecule has 0 atom stereocenters. The third-order valence-corrected chi connectivity index (χ3v) is 4.42. The molecule has 8 heteroatoms. The van der Waals surface area contributed by atoms with Crippen LogP contribution in [0, 0.1) is 25.2 Å². The number of ether oxygens (including phenoxy) is 4. The Bertz CT molecular complexity index is 1020. The van der Waals surface area contributed by atoms with Gasteiger partial charge in [0.05, 0.1) is 13.7 Å². The molecule has 0 aliphatic heterocycles. The van der Waals surface area contributed by atoms with E-state index in [0.29, 0.717) is 17.9 Å². The Morgan fingerprint density at radius 1 is 1.09 bits per heavy atom. The monoisotopic (exact) mass is 438 g/mol. The van der Waals surface area contributed by atoms with Gasteiger partial charge in [0.25, 0.3) is 5.91 Å². The molecule has 0 fully saturated rings. The summed E-state index contributed by atoms with van der Waals surface area (Å²) >= 11 is 0. The molecule has 0 heterocycles. The van der Waals surface area contributed by atoms with Crippen molar-refractivity contribution >= 4 is 18.0 Å². The van der Waals surface area contributed by atoms with E-state index in [0.717, 1.165) is 11.1 Å². The van der Waals surface area contributed by atoms with Gasteiger partial charge in [-0.25, -0.2) is 4.79 Å². The zero-order chi connectivity index (χ0) is 23.5. The molecular formula is C24H26N2O6. The van der Waals surface area contributed by atoms with Crippen LogP contribution >= 0.6 is 0 Å². The fourth-order valence-electron chi connectivity index (χ4n) is 2.85. The molecule has 0 aliphatic carbocycles. The number of nitrogens with zero attached hydrogens (tertiary/aromatic N) is 1. The number of amides is 1. The summed E-state index contributed by atoms with van der Waals surface area (Å²) in [6.45, 7) is 4.16. The van der Waals surface area contributed by atoms with Gasteiger partial charge in [0.15, 0.2) is 18.1 Å². The van der Waals surface area contributed by atoms with Gasteiger partial charge in [-0.3, -0.25) is 4.79 Å². The van der Waals surface area contributed by atoms with E-state index in [-0.39, 0.29) is 30.2 Å². The minimum atomic E-state index is -0.593. The lowest BCUT2D eigenvalue weighted by atomic mass is 10.1. The number of hydrogen-bond acceptors (Lipinski definition) is 7. The van der Waals surface area contributed by atoms with Crippen molar-refractivity contribution in [2.75, 3.05) is 34.0 Å². The van der Waals surface area contributed by atoms with Gasteiger partial charge < -0.3 is 24.3 Å². The maximum Gasteiger partial charge on any atom is 0.349 e. The maximum atomic E-state index is 12.3. The van der Waals surface area contributed by atoms with Gasteiger partial charge in [-0.2, -0.15) is 5.26 Å². The number of aryl methyl sites for hydroxylation is 2. The van der Waals surface area contributed by atoms with Crippen molar-refractivity contribution in [3.8, 4) is 23.3 Å². The van der Waals surface area contributed by atoms with Crippen LogP contribution in [0.2, 0.25) is 0 Å². The lowest BCUT2D eigenvalue weighted by Crippen LogP contribution is -2.27. The zero-order valence-electron chi connectivity index (χ0n) is 18.6. The first-order chi connectivity index (χ1) is 15.4. The van der Waals surface area contributed by atoms with Crippen LogP contribution in [0.3, 0.4) is 0 Å². The molecule has 0 aromatic heterocycles. The van der Waals surface area contributed by atoms with Crippen molar-refractivity contribution in [2.24, 2.45) is 0 Å². The molecule has 0 radical (unpaired) electrons. The number of esters is 1. The first kappa shape index (κ1) is 24.4. The van der Waals surface area contributed by atoms with Crippen LogP contribution in [-0.4, -0.2) is 45.9 Å². The highest BCUT2D eigenvalue weighted by molar-refractivity contribution is 6.01. The predicted molar refractivity (Wildman–Crippen MR) is 119 cm³/mol. The van der Waals surface area contributed by atoms with Gasteiger partial charge in [-0.15, -0.1) is 0 Å². The van der Waals surface area contributed by atoms with E-state index < -0.39 is 11.9 Å². The number of para-hydroxylation sites is 1. The van der Waals surface area contributed by atoms with E-state index in [1.165, 1.54) is 26.4 Å². The van der Waals surface area contributed by atoms with Gasteiger partial charge in [0.2, 0.25) is 0 Å². The third-order valence-electron chi connectivity index (χ3n) is 4.42. The van der Waals surface area contributed by atoms with E-state index >= 15 is 0 Å². The summed E-state index contributed by atoms with van der Waals surface area (Å²) in [5.41, 5.74) is 2.30. The first-order valence-electron chi connectivity index (χ1n) is 9.86. The van der Waals surface area contributed by atoms with E-state index in [1.807, 2.05) is 38.1 Å². The average Bonchev–Trinajstić information content (AvgIpc) is 2.78. The van der Waals surface area contributed by atoms with E-state index in [1.54, 1.807) is 12.1 Å². The van der Waals surface area contributed by atoms with Crippen LogP contribution in [-0.2, 0) is 14.3 Å². The lowest BCUT2D eigenvalue weighted by molar-refractivity contribution is -0.136. The summed E-state index contributed by atoms with van der Waals surface area (Å²) < 4.78 is 21.2. The molecule has 1 amide bonds. The summed E-state index contributed by atoms with van der Waals surface area (Å²) in [6.07, 6.45) is 1.42. The Labute approximate surface area is 187 Å². The molecule has 0 saturated carbocycles. The number of carbonyl (C=O) groups excluding carboxylic acids is 2. The smallest absolute Gasteiger partial charge is 0.349 e. The summed E-state index contributed by atoms with van der Waals surface area (Å²) in [7, 11) is 2.94. The minimum absolute atomic E-state index is 0.0742. The first-order valence-corrected chi connectivity index (χ1v) is 9.86. The van der Waals surface area contributed by atoms with E-state index in [9.17, 15) is 14.9 Å². The van der Waals surface area contributed by atoms with Gasteiger partial charge >= 0.3 is 5.97 Å². The number of nitriles is 1. The van der Waals surface area contributed by atoms with Gasteiger partial charge in [0, 0.05) is 13.7 Å². The summed E-state index contributed by atoms with van der Waals surface area (Å²) in [6, 6.07) is 12.3. The molecule has 0 aliphatic rings. The second kappa shape index (κ2) is 12.1. The lowest BCUT2D eigenvalue weighted by Gasteiger charge is -2.13. The fraction of sp³-hybridized carbons (Fsp3) is 0.292. The maximum absolute atomic E-state index is 12.3. The van der Waals surface area contributed by atoms with Gasteiger partial charge in [0.1, 0.15) is 17.4 Å². The van der Waals surface area contributed by atoms with Crippen molar-refractivity contribution in [1.29, 1.82) is 5.26 Å². The van der Waals surface area contributed by atoms with Crippen LogP contribution in [0.4, 0.5) is 0 Å². The zero-order valence-corrected chi connectivity index (χ0v) is 18.6. The average molecular weight is 438 g/mol. The Kier molecular flexibility index (Phi) is 9.26.